The lowest BCUT2D eigenvalue weighted by Crippen LogP contribution is -2.25. The third kappa shape index (κ3) is 3.02. The molecule has 0 fully saturated rings. The van der Waals surface area contributed by atoms with Gasteiger partial charge in [0.15, 0.2) is 0 Å². The first-order valence-electron chi connectivity index (χ1n) is 7.62. The zero-order chi connectivity index (χ0) is 15.5. The average Bonchev–Trinajstić information content (AvgIpc) is 2.98. The fourth-order valence-corrected chi connectivity index (χ4v) is 2.67. The topological polar surface area (TPSA) is 42.2 Å². The number of fused-ring (bicyclic) bond motifs is 1. The summed E-state index contributed by atoms with van der Waals surface area (Å²) in [5.41, 5.74) is 1.37. The third-order valence-electron chi connectivity index (χ3n) is 4.17. The highest BCUT2D eigenvalue weighted by atomic mass is 16.4. The second-order valence-electron chi connectivity index (χ2n) is 5.70. The molecule has 0 aliphatic heterocycles. The number of rotatable bonds is 5. The van der Waals surface area contributed by atoms with Crippen LogP contribution < -0.4 is 0 Å². The van der Waals surface area contributed by atoms with Gasteiger partial charge in [0.05, 0.1) is 6.04 Å². The average molecular weight is 295 g/mol. The van der Waals surface area contributed by atoms with Crippen LogP contribution in [0.15, 0.2) is 46.9 Å². The van der Waals surface area contributed by atoms with E-state index in [1.54, 1.807) is 0 Å². The molecule has 1 unspecified atom stereocenters. The van der Waals surface area contributed by atoms with Crippen LogP contribution in [-0.4, -0.2) is 28.7 Å². The summed E-state index contributed by atoms with van der Waals surface area (Å²) in [6.45, 7) is 4.85. The van der Waals surface area contributed by atoms with Crippen LogP contribution in [0.4, 0.5) is 0 Å². The Hall–Kier alpha value is -2.20. The van der Waals surface area contributed by atoms with Gasteiger partial charge in [0, 0.05) is 13.5 Å². The van der Waals surface area contributed by atoms with E-state index in [2.05, 4.69) is 71.5 Å². The first kappa shape index (κ1) is 14.7. The summed E-state index contributed by atoms with van der Waals surface area (Å²) < 4.78 is 5.52. The summed E-state index contributed by atoms with van der Waals surface area (Å²) in [4.78, 5) is 2.24. The first-order chi connectivity index (χ1) is 10.6. The van der Waals surface area contributed by atoms with E-state index >= 15 is 0 Å². The highest BCUT2D eigenvalue weighted by Crippen LogP contribution is 2.21. The van der Waals surface area contributed by atoms with Crippen molar-refractivity contribution < 1.29 is 4.42 Å². The highest BCUT2D eigenvalue weighted by Gasteiger charge is 2.17. The molecule has 0 bridgehead atoms. The maximum Gasteiger partial charge on any atom is 0.233 e. The summed E-state index contributed by atoms with van der Waals surface area (Å²) in [7, 11) is 2.09. The second-order valence-corrected chi connectivity index (χ2v) is 5.70. The Labute approximate surface area is 130 Å². The van der Waals surface area contributed by atoms with Gasteiger partial charge in [-0.1, -0.05) is 42.5 Å². The number of hydrogen-bond donors (Lipinski definition) is 0. The molecule has 1 aromatic heterocycles. The quantitative estimate of drug-likeness (QED) is 0.718. The standard InChI is InChI=1S/C18H21N3O/c1-13(18-20-19-14(2)22-18)21(3)12-11-16-9-6-8-15-7-4-5-10-17(15)16/h4-10,13H,11-12H2,1-3H3. The highest BCUT2D eigenvalue weighted by molar-refractivity contribution is 5.85. The van der Waals surface area contributed by atoms with E-state index in [0.29, 0.717) is 11.8 Å². The molecule has 114 valence electrons. The summed E-state index contributed by atoms with van der Waals surface area (Å²) in [5, 5.41) is 10.6. The van der Waals surface area contributed by atoms with Crippen LogP contribution >= 0.6 is 0 Å². The van der Waals surface area contributed by atoms with Crippen molar-refractivity contribution in [3.8, 4) is 0 Å². The van der Waals surface area contributed by atoms with Crippen molar-refractivity contribution in [1.29, 1.82) is 0 Å². The fraction of sp³-hybridized carbons (Fsp3) is 0.333. The van der Waals surface area contributed by atoms with Gasteiger partial charge in [0.2, 0.25) is 11.8 Å². The van der Waals surface area contributed by atoms with Crippen LogP contribution in [-0.2, 0) is 6.42 Å². The molecular weight excluding hydrogens is 274 g/mol. The smallest absolute Gasteiger partial charge is 0.233 e. The molecule has 1 atom stereocenters. The molecular formula is C18H21N3O. The Morgan fingerprint density at radius 3 is 2.64 bits per heavy atom. The molecule has 0 N–H and O–H groups in total. The molecule has 4 nitrogen and oxygen atoms in total. The minimum Gasteiger partial charge on any atom is -0.424 e. The molecule has 3 aromatic rings. The summed E-state index contributed by atoms with van der Waals surface area (Å²) in [5.74, 6) is 1.29. The molecule has 3 rings (SSSR count). The molecule has 4 heteroatoms. The zero-order valence-corrected chi connectivity index (χ0v) is 13.3. The van der Waals surface area contributed by atoms with Gasteiger partial charge in [0.25, 0.3) is 0 Å². The zero-order valence-electron chi connectivity index (χ0n) is 13.3. The van der Waals surface area contributed by atoms with Gasteiger partial charge in [-0.05, 0) is 36.7 Å². The molecule has 1 heterocycles. The van der Waals surface area contributed by atoms with Crippen LogP contribution in [0.2, 0.25) is 0 Å². The van der Waals surface area contributed by atoms with Crippen LogP contribution in [0.1, 0.15) is 30.3 Å². The van der Waals surface area contributed by atoms with Gasteiger partial charge in [-0.2, -0.15) is 0 Å². The van der Waals surface area contributed by atoms with E-state index in [-0.39, 0.29) is 6.04 Å². The second kappa shape index (κ2) is 6.28. The van der Waals surface area contributed by atoms with Gasteiger partial charge in [-0.3, -0.25) is 4.90 Å². The fourth-order valence-electron chi connectivity index (χ4n) is 2.67. The van der Waals surface area contributed by atoms with E-state index in [4.69, 9.17) is 4.42 Å². The first-order valence-corrected chi connectivity index (χ1v) is 7.62. The van der Waals surface area contributed by atoms with Gasteiger partial charge >= 0.3 is 0 Å². The summed E-state index contributed by atoms with van der Waals surface area (Å²) in [6, 6.07) is 15.1. The van der Waals surface area contributed by atoms with Crippen LogP contribution in [0.3, 0.4) is 0 Å². The van der Waals surface area contributed by atoms with Crippen molar-refractivity contribution in [3.63, 3.8) is 0 Å². The molecule has 0 saturated carbocycles. The molecule has 0 radical (unpaired) electrons. The lowest BCUT2D eigenvalue weighted by molar-refractivity contribution is 0.225. The third-order valence-corrected chi connectivity index (χ3v) is 4.17. The molecule has 0 saturated heterocycles. The van der Waals surface area contributed by atoms with E-state index < -0.39 is 0 Å². The Balaban J connectivity index is 1.71. The molecule has 0 aliphatic carbocycles. The number of benzene rings is 2. The lowest BCUT2D eigenvalue weighted by atomic mass is 10.0. The van der Waals surface area contributed by atoms with Crippen molar-refractivity contribution in [2.75, 3.05) is 13.6 Å². The minimum atomic E-state index is 0.121. The minimum absolute atomic E-state index is 0.121. The van der Waals surface area contributed by atoms with E-state index in [1.165, 1.54) is 16.3 Å². The van der Waals surface area contributed by atoms with Crippen molar-refractivity contribution >= 4 is 10.8 Å². The Kier molecular flexibility index (Phi) is 4.20. The maximum absolute atomic E-state index is 5.52. The predicted octanol–water partition coefficient (Wildman–Crippen LogP) is 3.77. The van der Waals surface area contributed by atoms with Gasteiger partial charge < -0.3 is 4.42 Å². The monoisotopic (exact) mass is 295 g/mol. The number of hydrogen-bond acceptors (Lipinski definition) is 4. The van der Waals surface area contributed by atoms with E-state index in [0.717, 1.165) is 13.0 Å². The normalized spacial score (nSPS) is 12.9. The van der Waals surface area contributed by atoms with Gasteiger partial charge in [-0.15, -0.1) is 10.2 Å². The van der Waals surface area contributed by atoms with Crippen LogP contribution in [0.25, 0.3) is 10.8 Å². The van der Waals surface area contributed by atoms with Crippen molar-refractivity contribution in [2.24, 2.45) is 0 Å². The predicted molar refractivity (Wildman–Crippen MR) is 87.7 cm³/mol. The number of aryl methyl sites for hydroxylation is 1. The van der Waals surface area contributed by atoms with Crippen molar-refractivity contribution in [2.45, 2.75) is 26.3 Å². The maximum atomic E-state index is 5.52. The lowest BCUT2D eigenvalue weighted by Gasteiger charge is -2.22. The SMILES string of the molecule is Cc1nnc(C(C)N(C)CCc2cccc3ccccc23)o1. The van der Waals surface area contributed by atoms with Crippen molar-refractivity contribution in [1.82, 2.24) is 15.1 Å². The Morgan fingerprint density at radius 1 is 1.09 bits per heavy atom. The van der Waals surface area contributed by atoms with Crippen molar-refractivity contribution in [3.05, 3.63) is 59.8 Å². The van der Waals surface area contributed by atoms with Crippen LogP contribution in [0, 0.1) is 6.92 Å². The Morgan fingerprint density at radius 2 is 1.86 bits per heavy atom. The molecule has 0 aliphatic rings. The number of likely N-dealkylation sites (N-methyl/N-ethyl adjacent to an activating group) is 1. The van der Waals surface area contributed by atoms with Crippen LogP contribution in [0.5, 0.6) is 0 Å². The summed E-state index contributed by atoms with van der Waals surface area (Å²) in [6.07, 6.45) is 0.995. The molecule has 22 heavy (non-hydrogen) atoms. The molecule has 2 aromatic carbocycles. The van der Waals surface area contributed by atoms with Gasteiger partial charge in [0.1, 0.15) is 0 Å². The Bertz CT molecular complexity index is 760. The number of nitrogens with zero attached hydrogens (tertiary/aromatic N) is 3. The molecule has 0 spiro atoms. The number of aromatic nitrogens is 2. The van der Waals surface area contributed by atoms with E-state index in [9.17, 15) is 0 Å². The molecule has 0 amide bonds. The van der Waals surface area contributed by atoms with Gasteiger partial charge in [-0.25, -0.2) is 0 Å². The largest absolute Gasteiger partial charge is 0.424 e. The van der Waals surface area contributed by atoms with E-state index in [1.807, 2.05) is 6.92 Å². The summed E-state index contributed by atoms with van der Waals surface area (Å²) >= 11 is 0.